The fraction of sp³-hybridized carbons (Fsp3) is 0.739. The number of alkyl halides is 3. The summed E-state index contributed by atoms with van der Waals surface area (Å²) in [6.45, 7) is 5.96. The Morgan fingerprint density at radius 1 is 0.931 bits per heavy atom. The highest BCUT2D eigenvalue weighted by Crippen LogP contribution is 2.35. The van der Waals surface area contributed by atoms with Crippen LogP contribution in [0.4, 0.5) is 13.2 Å². The summed E-state index contributed by atoms with van der Waals surface area (Å²) < 4.78 is 56.7. The van der Waals surface area contributed by atoms with E-state index in [4.69, 9.17) is 14.2 Å². The summed E-state index contributed by atoms with van der Waals surface area (Å²) in [5.74, 6) is -1.51. The Hall–Kier alpha value is -1.11. The van der Waals surface area contributed by atoms with Crippen LogP contribution in [0.5, 0.6) is 0 Å². The van der Waals surface area contributed by atoms with Gasteiger partial charge in [-0.3, -0.25) is 0 Å². The lowest BCUT2D eigenvalue weighted by Crippen LogP contribution is -2.47. The van der Waals surface area contributed by atoms with Crippen molar-refractivity contribution in [1.29, 1.82) is 0 Å². The van der Waals surface area contributed by atoms with Gasteiger partial charge < -0.3 is 14.2 Å². The standard InChI is InChI=1S/C23H37F3O3/c1-6-7-8-9-10-11-14-21(23(27-4,28-5)29-18(2)3)17-19-13-12-15-20(16-19)22(24,25)26/h12-13,15-16,18,21H,6-11,14,17H2,1-5H3. The van der Waals surface area contributed by atoms with Crippen molar-refractivity contribution in [2.24, 2.45) is 5.92 Å². The predicted octanol–water partition coefficient (Wildman–Crippen LogP) is 6.99. The van der Waals surface area contributed by atoms with Gasteiger partial charge in [-0.1, -0.05) is 63.6 Å². The lowest BCUT2D eigenvalue weighted by atomic mass is 9.90. The van der Waals surface area contributed by atoms with Crippen LogP contribution in [0.2, 0.25) is 0 Å². The van der Waals surface area contributed by atoms with Gasteiger partial charge in [0.1, 0.15) is 0 Å². The average molecular weight is 419 g/mol. The number of unbranched alkanes of at least 4 members (excludes halogenated alkanes) is 5. The average Bonchev–Trinajstić information content (AvgIpc) is 2.67. The van der Waals surface area contributed by atoms with Crippen molar-refractivity contribution >= 4 is 0 Å². The topological polar surface area (TPSA) is 27.7 Å². The SMILES string of the molecule is CCCCCCCCC(Cc1cccc(C(F)(F)F)c1)C(OC)(OC)OC(C)C. The highest BCUT2D eigenvalue weighted by molar-refractivity contribution is 5.26. The molecule has 0 N–H and O–H groups in total. The highest BCUT2D eigenvalue weighted by Gasteiger charge is 2.42. The van der Waals surface area contributed by atoms with Crippen LogP contribution in [0.25, 0.3) is 0 Å². The third-order valence-corrected chi connectivity index (χ3v) is 5.11. The summed E-state index contributed by atoms with van der Waals surface area (Å²) in [5.41, 5.74) is -0.0415. The molecule has 3 nitrogen and oxygen atoms in total. The molecule has 0 aliphatic rings. The molecule has 1 aromatic carbocycles. The maximum Gasteiger partial charge on any atom is 0.416 e. The van der Waals surface area contributed by atoms with Crippen LogP contribution >= 0.6 is 0 Å². The minimum atomic E-state index is -4.36. The van der Waals surface area contributed by atoms with Gasteiger partial charge in [-0.25, -0.2) is 0 Å². The Morgan fingerprint density at radius 2 is 1.55 bits per heavy atom. The van der Waals surface area contributed by atoms with E-state index in [0.29, 0.717) is 12.0 Å². The monoisotopic (exact) mass is 418 g/mol. The molecule has 0 aliphatic carbocycles. The summed E-state index contributed by atoms with van der Waals surface area (Å²) in [7, 11) is 3.04. The zero-order valence-electron chi connectivity index (χ0n) is 18.5. The summed E-state index contributed by atoms with van der Waals surface area (Å²) in [5, 5.41) is 0. The first kappa shape index (κ1) is 25.9. The second-order valence-corrected chi connectivity index (χ2v) is 7.83. The lowest BCUT2D eigenvalue weighted by molar-refractivity contribution is -0.398. The van der Waals surface area contributed by atoms with Gasteiger partial charge in [-0.2, -0.15) is 13.2 Å². The van der Waals surface area contributed by atoms with Crippen LogP contribution < -0.4 is 0 Å². The van der Waals surface area contributed by atoms with E-state index in [1.165, 1.54) is 45.6 Å². The molecule has 0 aliphatic heterocycles. The first-order valence-corrected chi connectivity index (χ1v) is 10.6. The number of ether oxygens (including phenoxy) is 3. The quantitative estimate of drug-likeness (QED) is 0.241. The molecule has 1 atom stereocenters. The fourth-order valence-electron chi connectivity index (χ4n) is 3.67. The van der Waals surface area contributed by atoms with Crippen molar-refractivity contribution in [3.63, 3.8) is 0 Å². The molecule has 0 bridgehead atoms. The Bertz CT molecular complexity index is 569. The highest BCUT2D eigenvalue weighted by atomic mass is 19.4. The van der Waals surface area contributed by atoms with Gasteiger partial charge in [-0.15, -0.1) is 0 Å². The van der Waals surface area contributed by atoms with Crippen molar-refractivity contribution in [3.8, 4) is 0 Å². The van der Waals surface area contributed by atoms with Crippen molar-refractivity contribution in [2.75, 3.05) is 14.2 Å². The van der Waals surface area contributed by atoms with E-state index in [-0.39, 0.29) is 12.0 Å². The van der Waals surface area contributed by atoms with Gasteiger partial charge in [-0.05, 0) is 38.3 Å². The van der Waals surface area contributed by atoms with Crippen LogP contribution in [-0.4, -0.2) is 26.3 Å². The molecular weight excluding hydrogens is 381 g/mol. The zero-order valence-corrected chi connectivity index (χ0v) is 18.5. The Labute approximate surface area is 173 Å². The van der Waals surface area contributed by atoms with Crippen LogP contribution in [-0.2, 0) is 26.8 Å². The maximum atomic E-state index is 13.1. The minimum absolute atomic E-state index is 0.150. The van der Waals surface area contributed by atoms with Gasteiger partial charge in [0.05, 0.1) is 11.7 Å². The summed E-state index contributed by atoms with van der Waals surface area (Å²) in [4.78, 5) is 0. The second-order valence-electron chi connectivity index (χ2n) is 7.83. The Balaban J connectivity index is 3.00. The molecule has 0 saturated carbocycles. The lowest BCUT2D eigenvalue weighted by Gasteiger charge is -2.39. The third-order valence-electron chi connectivity index (χ3n) is 5.11. The number of benzene rings is 1. The largest absolute Gasteiger partial charge is 0.416 e. The fourth-order valence-corrected chi connectivity index (χ4v) is 3.67. The number of halogens is 3. The van der Waals surface area contributed by atoms with E-state index in [0.717, 1.165) is 31.7 Å². The number of hydrogen-bond donors (Lipinski definition) is 0. The molecule has 0 heterocycles. The molecular formula is C23H37F3O3. The van der Waals surface area contributed by atoms with E-state index < -0.39 is 17.7 Å². The Morgan fingerprint density at radius 3 is 2.10 bits per heavy atom. The van der Waals surface area contributed by atoms with Crippen molar-refractivity contribution in [1.82, 2.24) is 0 Å². The molecule has 0 amide bonds. The molecule has 29 heavy (non-hydrogen) atoms. The molecule has 168 valence electrons. The first-order chi connectivity index (χ1) is 13.7. The van der Waals surface area contributed by atoms with Crippen LogP contribution in [0, 0.1) is 5.92 Å². The summed E-state index contributed by atoms with van der Waals surface area (Å²) in [6.07, 6.45) is 3.42. The van der Waals surface area contributed by atoms with E-state index in [2.05, 4.69) is 6.92 Å². The molecule has 6 heteroatoms. The minimum Gasteiger partial charge on any atom is -0.331 e. The summed E-state index contributed by atoms with van der Waals surface area (Å²) in [6, 6.07) is 5.47. The Kier molecular flexibility index (Phi) is 11.2. The maximum absolute atomic E-state index is 13.1. The molecule has 0 aromatic heterocycles. The molecule has 1 aromatic rings. The van der Waals surface area contributed by atoms with E-state index in [1.54, 1.807) is 6.07 Å². The van der Waals surface area contributed by atoms with Gasteiger partial charge in [0.2, 0.25) is 0 Å². The van der Waals surface area contributed by atoms with E-state index >= 15 is 0 Å². The number of hydrogen-bond acceptors (Lipinski definition) is 3. The molecule has 1 unspecified atom stereocenters. The van der Waals surface area contributed by atoms with Gasteiger partial charge in [0, 0.05) is 20.1 Å². The van der Waals surface area contributed by atoms with Crippen molar-refractivity contribution in [2.45, 2.75) is 90.4 Å². The zero-order chi connectivity index (χ0) is 21.9. The van der Waals surface area contributed by atoms with E-state index in [1.807, 2.05) is 13.8 Å². The van der Waals surface area contributed by atoms with Crippen LogP contribution in [0.3, 0.4) is 0 Å². The molecule has 0 radical (unpaired) electrons. The predicted molar refractivity (Wildman–Crippen MR) is 110 cm³/mol. The normalized spacial score (nSPS) is 13.8. The van der Waals surface area contributed by atoms with Crippen molar-refractivity contribution < 1.29 is 27.4 Å². The first-order valence-electron chi connectivity index (χ1n) is 10.6. The van der Waals surface area contributed by atoms with Crippen LogP contribution in [0.15, 0.2) is 24.3 Å². The smallest absolute Gasteiger partial charge is 0.331 e. The molecule has 0 saturated heterocycles. The van der Waals surface area contributed by atoms with Gasteiger partial charge >= 0.3 is 6.18 Å². The number of rotatable bonds is 14. The second kappa shape index (κ2) is 12.6. The summed E-state index contributed by atoms with van der Waals surface area (Å²) >= 11 is 0. The van der Waals surface area contributed by atoms with Crippen LogP contribution in [0.1, 0.15) is 76.8 Å². The molecule has 0 fully saturated rings. The van der Waals surface area contributed by atoms with Gasteiger partial charge in [0.25, 0.3) is 5.97 Å². The van der Waals surface area contributed by atoms with E-state index in [9.17, 15) is 13.2 Å². The third kappa shape index (κ3) is 8.65. The number of methoxy groups -OCH3 is 2. The van der Waals surface area contributed by atoms with Crippen molar-refractivity contribution in [3.05, 3.63) is 35.4 Å². The molecule has 1 rings (SSSR count). The molecule has 0 spiro atoms. The van der Waals surface area contributed by atoms with Gasteiger partial charge in [0.15, 0.2) is 0 Å².